The predicted molar refractivity (Wildman–Crippen MR) is 129 cm³/mol. The largest absolute Gasteiger partial charge is 0.399 e. The van der Waals surface area contributed by atoms with Gasteiger partial charge in [0.25, 0.3) is 11.8 Å². The van der Waals surface area contributed by atoms with Crippen LogP contribution in [0.15, 0.2) is 72.8 Å². The van der Waals surface area contributed by atoms with Gasteiger partial charge in [0.2, 0.25) is 0 Å². The van der Waals surface area contributed by atoms with Crippen LogP contribution in [0.3, 0.4) is 0 Å². The van der Waals surface area contributed by atoms with E-state index in [1.54, 1.807) is 48.5 Å². The van der Waals surface area contributed by atoms with Gasteiger partial charge >= 0.3 is 0 Å². The maximum atomic E-state index is 13.4. The smallest absolute Gasteiger partial charge is 0.258 e. The van der Waals surface area contributed by atoms with E-state index in [4.69, 9.17) is 5.73 Å². The highest BCUT2D eigenvalue weighted by Crippen LogP contribution is 2.36. The van der Waals surface area contributed by atoms with Crippen LogP contribution >= 0.6 is 0 Å². The summed E-state index contributed by atoms with van der Waals surface area (Å²) in [6, 6.07) is 22.3. The van der Waals surface area contributed by atoms with Crippen LogP contribution in [0.4, 0.5) is 17.1 Å². The Morgan fingerprint density at radius 1 is 0.969 bits per heavy atom. The van der Waals surface area contributed by atoms with Crippen LogP contribution in [0.5, 0.6) is 0 Å². The van der Waals surface area contributed by atoms with Gasteiger partial charge in [-0.15, -0.1) is 0 Å². The second-order valence-electron chi connectivity index (χ2n) is 8.29. The number of nitrogens with two attached hydrogens (primary N) is 1. The molecule has 1 heterocycles. The zero-order valence-corrected chi connectivity index (χ0v) is 18.4. The van der Waals surface area contributed by atoms with E-state index in [-0.39, 0.29) is 17.9 Å². The summed E-state index contributed by atoms with van der Waals surface area (Å²) in [5.41, 5.74) is 10.1. The molecule has 6 nitrogen and oxygen atoms in total. The molecule has 3 aromatic carbocycles. The lowest BCUT2D eigenvalue weighted by atomic mass is 10.0. The normalized spacial score (nSPS) is 15.7. The summed E-state index contributed by atoms with van der Waals surface area (Å²) in [4.78, 5) is 29.9. The highest BCUT2D eigenvalue weighted by molar-refractivity contribution is 6.08. The summed E-state index contributed by atoms with van der Waals surface area (Å²) in [5, 5.41) is 2.85. The average molecular weight is 429 g/mol. The summed E-state index contributed by atoms with van der Waals surface area (Å²) in [6.07, 6.45) is 1.93. The molecule has 0 aliphatic carbocycles. The molecule has 4 rings (SSSR count). The van der Waals surface area contributed by atoms with Crippen LogP contribution in [0.2, 0.25) is 0 Å². The van der Waals surface area contributed by atoms with Gasteiger partial charge in [-0.25, -0.2) is 0 Å². The Bertz CT molecular complexity index is 1120. The molecule has 164 valence electrons. The Labute approximate surface area is 188 Å². The van der Waals surface area contributed by atoms with Crippen molar-refractivity contribution in [3.05, 3.63) is 89.5 Å². The molecule has 0 saturated heterocycles. The lowest BCUT2D eigenvalue weighted by Gasteiger charge is -2.27. The van der Waals surface area contributed by atoms with Gasteiger partial charge in [0.15, 0.2) is 0 Å². The summed E-state index contributed by atoms with van der Waals surface area (Å²) < 4.78 is 0. The zero-order valence-electron chi connectivity index (χ0n) is 18.4. The van der Waals surface area contributed by atoms with Crippen molar-refractivity contribution in [1.29, 1.82) is 0 Å². The first-order valence-corrected chi connectivity index (χ1v) is 10.8. The van der Waals surface area contributed by atoms with Gasteiger partial charge in [-0.2, -0.15) is 0 Å². The molecular weight excluding hydrogens is 400 g/mol. The molecule has 0 fully saturated rings. The molecule has 1 aliphatic heterocycles. The van der Waals surface area contributed by atoms with Crippen LogP contribution in [-0.4, -0.2) is 37.4 Å². The van der Waals surface area contributed by atoms with Crippen LogP contribution in [-0.2, 0) is 0 Å². The van der Waals surface area contributed by atoms with Gasteiger partial charge in [0.1, 0.15) is 0 Å². The minimum absolute atomic E-state index is 0.0365. The fourth-order valence-corrected chi connectivity index (χ4v) is 4.22. The first-order valence-electron chi connectivity index (χ1n) is 10.8. The molecule has 0 radical (unpaired) electrons. The molecule has 0 bridgehead atoms. The molecular formula is C26H28N4O2. The van der Waals surface area contributed by atoms with Gasteiger partial charge in [-0.3, -0.25) is 9.59 Å². The third kappa shape index (κ3) is 4.50. The summed E-state index contributed by atoms with van der Waals surface area (Å²) >= 11 is 0. The fourth-order valence-electron chi connectivity index (χ4n) is 4.22. The van der Waals surface area contributed by atoms with E-state index < -0.39 is 0 Å². The third-order valence-electron chi connectivity index (χ3n) is 5.85. The second-order valence-corrected chi connectivity index (χ2v) is 8.29. The molecule has 0 spiro atoms. The van der Waals surface area contributed by atoms with Crippen LogP contribution in [0, 0.1) is 0 Å². The SMILES string of the molecule is CN(C)C1CCCN(C(=O)c2ccc(NC(=O)c3cccc(N)c3)cc2)c2ccccc21. The van der Waals surface area contributed by atoms with Crippen molar-refractivity contribution >= 4 is 28.9 Å². The number of benzene rings is 3. The van der Waals surface area contributed by atoms with Crippen molar-refractivity contribution in [3.8, 4) is 0 Å². The maximum Gasteiger partial charge on any atom is 0.258 e. The second kappa shape index (κ2) is 9.24. The minimum atomic E-state index is -0.243. The Hall–Kier alpha value is -3.64. The molecule has 0 aromatic heterocycles. The first-order chi connectivity index (χ1) is 15.4. The number of carbonyl (C=O) groups excluding carboxylic acids is 2. The molecule has 0 saturated carbocycles. The number of amides is 2. The van der Waals surface area contributed by atoms with E-state index in [0.717, 1.165) is 18.5 Å². The van der Waals surface area contributed by atoms with Gasteiger partial charge in [-0.05, 0) is 81.0 Å². The van der Waals surface area contributed by atoms with Crippen molar-refractivity contribution < 1.29 is 9.59 Å². The monoisotopic (exact) mass is 428 g/mol. The van der Waals surface area contributed by atoms with Crippen molar-refractivity contribution in [1.82, 2.24) is 4.90 Å². The zero-order chi connectivity index (χ0) is 22.7. The molecule has 6 heteroatoms. The van der Waals surface area contributed by atoms with Crippen LogP contribution < -0.4 is 16.0 Å². The highest BCUT2D eigenvalue weighted by atomic mass is 16.2. The average Bonchev–Trinajstić information content (AvgIpc) is 2.99. The van der Waals surface area contributed by atoms with Crippen molar-refractivity contribution in [2.24, 2.45) is 0 Å². The fraction of sp³-hybridized carbons (Fsp3) is 0.231. The van der Waals surface area contributed by atoms with Crippen molar-refractivity contribution in [2.75, 3.05) is 36.6 Å². The number of hydrogen-bond acceptors (Lipinski definition) is 4. The van der Waals surface area contributed by atoms with Gasteiger partial charge in [-0.1, -0.05) is 24.3 Å². The minimum Gasteiger partial charge on any atom is -0.399 e. The number of carbonyl (C=O) groups is 2. The van der Waals surface area contributed by atoms with Gasteiger partial charge in [0, 0.05) is 40.8 Å². The number of anilines is 3. The Morgan fingerprint density at radius 2 is 1.72 bits per heavy atom. The number of nitrogens with zero attached hydrogens (tertiary/aromatic N) is 2. The molecule has 32 heavy (non-hydrogen) atoms. The van der Waals surface area contributed by atoms with Gasteiger partial charge in [0.05, 0.1) is 0 Å². The number of hydrogen-bond donors (Lipinski definition) is 2. The van der Waals surface area contributed by atoms with E-state index in [2.05, 4.69) is 30.4 Å². The van der Waals surface area contributed by atoms with Gasteiger partial charge < -0.3 is 20.9 Å². The number of nitrogen functional groups attached to an aromatic ring is 1. The Morgan fingerprint density at radius 3 is 2.44 bits per heavy atom. The number of rotatable bonds is 4. The van der Waals surface area contributed by atoms with E-state index in [0.29, 0.717) is 29.0 Å². The van der Waals surface area contributed by atoms with E-state index >= 15 is 0 Å². The summed E-state index contributed by atoms with van der Waals surface area (Å²) in [5.74, 6) is -0.280. The summed E-state index contributed by atoms with van der Waals surface area (Å²) in [6.45, 7) is 0.675. The van der Waals surface area contributed by atoms with E-state index in [1.807, 2.05) is 23.1 Å². The highest BCUT2D eigenvalue weighted by Gasteiger charge is 2.27. The lowest BCUT2D eigenvalue weighted by Crippen LogP contribution is -2.31. The summed E-state index contributed by atoms with van der Waals surface area (Å²) in [7, 11) is 4.16. The standard InChI is InChI=1S/C26H28N4O2/c1-29(2)23-11-6-16-30(24-10-4-3-9-22(23)24)26(32)18-12-14-21(15-13-18)28-25(31)19-7-5-8-20(27)17-19/h3-5,7-10,12-15,17,23H,6,11,16,27H2,1-2H3,(H,28,31). The van der Waals surface area contributed by atoms with Crippen LogP contribution in [0.1, 0.15) is 45.2 Å². The van der Waals surface area contributed by atoms with Crippen molar-refractivity contribution in [2.45, 2.75) is 18.9 Å². The third-order valence-corrected chi connectivity index (χ3v) is 5.85. The van der Waals surface area contributed by atoms with Crippen molar-refractivity contribution in [3.63, 3.8) is 0 Å². The number of nitrogens with one attached hydrogen (secondary N) is 1. The Kier molecular flexibility index (Phi) is 6.23. The molecule has 1 unspecified atom stereocenters. The molecule has 3 aromatic rings. The van der Waals surface area contributed by atoms with E-state index in [9.17, 15) is 9.59 Å². The topological polar surface area (TPSA) is 78.7 Å². The van der Waals surface area contributed by atoms with E-state index in [1.165, 1.54) is 5.56 Å². The van der Waals surface area contributed by atoms with Crippen LogP contribution in [0.25, 0.3) is 0 Å². The molecule has 1 aliphatic rings. The number of para-hydroxylation sites is 1. The Balaban J connectivity index is 1.53. The first kappa shape index (κ1) is 21.6. The molecule has 3 N–H and O–H groups in total. The quantitative estimate of drug-likeness (QED) is 0.597. The maximum absolute atomic E-state index is 13.4. The lowest BCUT2D eigenvalue weighted by molar-refractivity contribution is 0.0985. The molecule has 2 amide bonds. The predicted octanol–water partition coefficient (Wildman–Crippen LogP) is 4.56. The molecule has 1 atom stereocenters. The number of fused-ring (bicyclic) bond motifs is 1.